The van der Waals surface area contributed by atoms with Crippen LogP contribution in [0, 0.1) is 0 Å². The van der Waals surface area contributed by atoms with E-state index in [-0.39, 0.29) is 13.2 Å². The summed E-state index contributed by atoms with van der Waals surface area (Å²) in [6, 6.07) is 11.0. The van der Waals surface area contributed by atoms with Crippen molar-refractivity contribution in [3.05, 3.63) is 41.6 Å². The van der Waals surface area contributed by atoms with Crippen LogP contribution in [0.2, 0.25) is 5.15 Å². The molecule has 3 N–H and O–H groups in total. The van der Waals surface area contributed by atoms with E-state index >= 15 is 0 Å². The number of nitrogens with one attached hydrogen (secondary N) is 1. The third-order valence-electron chi connectivity index (χ3n) is 2.46. The highest BCUT2D eigenvalue weighted by atomic mass is 35.5. The summed E-state index contributed by atoms with van der Waals surface area (Å²) in [5.74, 6) is 1.01. The molecule has 1 aromatic carbocycles. The lowest BCUT2D eigenvalue weighted by atomic mass is 10.2. The molecule has 0 saturated heterocycles. The van der Waals surface area contributed by atoms with Crippen LogP contribution in [0.1, 0.15) is 0 Å². The average molecular weight is 280 g/mol. The molecule has 1 aromatic heterocycles. The second-order valence-corrected chi connectivity index (χ2v) is 4.37. The molecule has 1 unspecified atom stereocenters. The van der Waals surface area contributed by atoms with Gasteiger partial charge >= 0.3 is 0 Å². The molecule has 0 bridgehead atoms. The number of hydrogen-bond donors (Lipinski definition) is 3. The zero-order chi connectivity index (χ0) is 13.7. The van der Waals surface area contributed by atoms with Gasteiger partial charge in [0.2, 0.25) is 0 Å². The molecule has 5 nitrogen and oxygen atoms in total. The molecule has 1 heterocycles. The zero-order valence-corrected chi connectivity index (χ0v) is 10.9. The molecule has 0 amide bonds. The van der Waals surface area contributed by atoms with Gasteiger partial charge in [-0.05, 0) is 0 Å². The highest BCUT2D eigenvalue weighted by molar-refractivity contribution is 6.29. The van der Waals surface area contributed by atoms with Crippen LogP contribution < -0.4 is 5.32 Å². The summed E-state index contributed by atoms with van der Waals surface area (Å²) in [6.45, 7) is -0.116. The molecule has 100 valence electrons. The third-order valence-corrected chi connectivity index (χ3v) is 2.65. The van der Waals surface area contributed by atoms with E-state index in [0.717, 1.165) is 5.56 Å². The maximum atomic E-state index is 9.29. The van der Waals surface area contributed by atoms with Gasteiger partial charge in [-0.2, -0.15) is 0 Å². The molecule has 19 heavy (non-hydrogen) atoms. The molecular weight excluding hydrogens is 266 g/mol. The van der Waals surface area contributed by atoms with E-state index in [1.165, 1.54) is 0 Å². The predicted octanol–water partition coefficient (Wildman–Crippen LogP) is 1.56. The Morgan fingerprint density at radius 2 is 1.95 bits per heavy atom. The highest BCUT2D eigenvalue weighted by Gasteiger charge is 2.07. The molecule has 0 radical (unpaired) electrons. The number of halogens is 1. The third kappa shape index (κ3) is 3.89. The fourth-order valence-electron chi connectivity index (χ4n) is 1.51. The molecule has 0 saturated carbocycles. The van der Waals surface area contributed by atoms with Crippen LogP contribution in [0.5, 0.6) is 0 Å². The Labute approximate surface area is 115 Å². The second-order valence-electron chi connectivity index (χ2n) is 3.98. The molecule has 6 heteroatoms. The first-order valence-electron chi connectivity index (χ1n) is 5.82. The van der Waals surface area contributed by atoms with Crippen molar-refractivity contribution in [2.45, 2.75) is 6.10 Å². The van der Waals surface area contributed by atoms with Gasteiger partial charge < -0.3 is 15.5 Å². The number of aromatic nitrogens is 2. The Morgan fingerprint density at radius 3 is 2.63 bits per heavy atom. The minimum atomic E-state index is -0.839. The largest absolute Gasteiger partial charge is 0.394 e. The zero-order valence-electron chi connectivity index (χ0n) is 10.1. The Bertz CT molecular complexity index is 537. The van der Waals surface area contributed by atoms with Gasteiger partial charge in [0.1, 0.15) is 11.0 Å². The maximum Gasteiger partial charge on any atom is 0.163 e. The van der Waals surface area contributed by atoms with Crippen molar-refractivity contribution in [2.75, 3.05) is 18.5 Å². The molecular formula is C13H14ClN3O2. The number of aliphatic hydroxyl groups is 2. The normalized spacial score (nSPS) is 12.2. The monoisotopic (exact) mass is 279 g/mol. The van der Waals surface area contributed by atoms with Crippen molar-refractivity contribution in [1.29, 1.82) is 0 Å². The fraction of sp³-hybridized carbons (Fsp3) is 0.231. The number of rotatable bonds is 5. The van der Waals surface area contributed by atoms with Gasteiger partial charge in [-0.25, -0.2) is 9.97 Å². The van der Waals surface area contributed by atoms with E-state index < -0.39 is 6.10 Å². The Kier molecular flexibility index (Phi) is 4.68. The first-order valence-corrected chi connectivity index (χ1v) is 6.19. The topological polar surface area (TPSA) is 78.3 Å². The van der Waals surface area contributed by atoms with Gasteiger partial charge in [0.15, 0.2) is 5.82 Å². The summed E-state index contributed by atoms with van der Waals surface area (Å²) in [5.41, 5.74) is 0.857. The van der Waals surface area contributed by atoms with Crippen LogP contribution in [-0.2, 0) is 0 Å². The van der Waals surface area contributed by atoms with Crippen LogP contribution in [0.15, 0.2) is 36.4 Å². The number of anilines is 1. The van der Waals surface area contributed by atoms with Crippen LogP contribution in [-0.4, -0.2) is 39.4 Å². The van der Waals surface area contributed by atoms with Crippen molar-refractivity contribution in [2.24, 2.45) is 0 Å². The molecule has 1 atom stereocenters. The highest BCUT2D eigenvalue weighted by Crippen LogP contribution is 2.19. The maximum absolute atomic E-state index is 9.29. The molecule has 0 fully saturated rings. The lowest BCUT2D eigenvalue weighted by Crippen LogP contribution is -2.23. The fourth-order valence-corrected chi connectivity index (χ4v) is 1.69. The van der Waals surface area contributed by atoms with Crippen LogP contribution in [0.25, 0.3) is 11.4 Å². The number of nitrogens with zero attached hydrogens (tertiary/aromatic N) is 2. The van der Waals surface area contributed by atoms with Crippen molar-refractivity contribution in [1.82, 2.24) is 9.97 Å². The summed E-state index contributed by atoms with van der Waals surface area (Å²) in [7, 11) is 0. The van der Waals surface area contributed by atoms with E-state index in [1.54, 1.807) is 6.07 Å². The molecule has 2 aromatic rings. The first-order chi connectivity index (χ1) is 9.19. The Morgan fingerprint density at radius 1 is 1.21 bits per heavy atom. The van der Waals surface area contributed by atoms with E-state index in [0.29, 0.717) is 16.8 Å². The minimum absolute atomic E-state index is 0.193. The van der Waals surface area contributed by atoms with Gasteiger partial charge in [0.25, 0.3) is 0 Å². The Hall–Kier alpha value is -1.69. The van der Waals surface area contributed by atoms with Crippen molar-refractivity contribution in [3.8, 4) is 11.4 Å². The molecule has 0 aliphatic rings. The molecule has 0 aliphatic carbocycles. The number of aliphatic hydroxyl groups excluding tert-OH is 2. The van der Waals surface area contributed by atoms with E-state index in [9.17, 15) is 5.11 Å². The second kappa shape index (κ2) is 6.47. The van der Waals surface area contributed by atoms with Crippen molar-refractivity contribution in [3.63, 3.8) is 0 Å². The van der Waals surface area contributed by atoms with E-state index in [2.05, 4.69) is 15.3 Å². The summed E-state index contributed by atoms with van der Waals surface area (Å²) >= 11 is 5.95. The van der Waals surface area contributed by atoms with Crippen molar-refractivity contribution >= 4 is 17.4 Å². The van der Waals surface area contributed by atoms with Gasteiger partial charge in [-0.15, -0.1) is 0 Å². The summed E-state index contributed by atoms with van der Waals surface area (Å²) in [6.07, 6.45) is -0.839. The molecule has 0 spiro atoms. The smallest absolute Gasteiger partial charge is 0.163 e. The van der Waals surface area contributed by atoms with Crippen LogP contribution in [0.4, 0.5) is 5.82 Å². The number of hydrogen-bond acceptors (Lipinski definition) is 5. The first kappa shape index (κ1) is 13.7. The Balaban J connectivity index is 2.20. The van der Waals surface area contributed by atoms with Gasteiger partial charge in [-0.3, -0.25) is 0 Å². The van der Waals surface area contributed by atoms with Crippen LogP contribution in [0.3, 0.4) is 0 Å². The quantitative estimate of drug-likeness (QED) is 0.724. The average Bonchev–Trinajstić information content (AvgIpc) is 2.45. The van der Waals surface area contributed by atoms with Crippen molar-refractivity contribution < 1.29 is 10.2 Å². The lowest BCUT2D eigenvalue weighted by Gasteiger charge is -2.10. The summed E-state index contributed by atoms with van der Waals surface area (Å²) < 4.78 is 0. The van der Waals surface area contributed by atoms with Gasteiger partial charge in [0.05, 0.1) is 12.7 Å². The number of benzene rings is 1. The van der Waals surface area contributed by atoms with E-state index in [1.807, 2.05) is 30.3 Å². The van der Waals surface area contributed by atoms with E-state index in [4.69, 9.17) is 16.7 Å². The predicted molar refractivity (Wildman–Crippen MR) is 74.1 cm³/mol. The SMILES string of the molecule is OCC(O)CNc1cc(Cl)nc(-c2ccccc2)n1. The van der Waals surface area contributed by atoms with Crippen LogP contribution >= 0.6 is 11.6 Å². The molecule has 2 rings (SSSR count). The molecule has 0 aliphatic heterocycles. The summed E-state index contributed by atoms with van der Waals surface area (Å²) in [5, 5.41) is 21.3. The standard InChI is InChI=1S/C13H14ClN3O2/c14-11-6-12(15-7-10(19)8-18)17-13(16-11)9-4-2-1-3-5-9/h1-6,10,18-19H,7-8H2,(H,15,16,17). The lowest BCUT2D eigenvalue weighted by molar-refractivity contribution is 0.105. The van der Waals surface area contributed by atoms with Gasteiger partial charge in [-0.1, -0.05) is 41.9 Å². The minimum Gasteiger partial charge on any atom is -0.394 e. The summed E-state index contributed by atoms with van der Waals surface area (Å²) in [4.78, 5) is 8.46. The van der Waals surface area contributed by atoms with Gasteiger partial charge in [0, 0.05) is 18.2 Å².